The van der Waals surface area contributed by atoms with Crippen LogP contribution >= 0.6 is 0 Å². The van der Waals surface area contributed by atoms with Gasteiger partial charge in [-0.15, -0.1) is 0 Å². The van der Waals surface area contributed by atoms with E-state index in [0.717, 1.165) is 37.0 Å². The molecule has 4 fully saturated rings. The van der Waals surface area contributed by atoms with Crippen molar-refractivity contribution in [1.29, 1.82) is 0 Å². The van der Waals surface area contributed by atoms with E-state index in [2.05, 4.69) is 12.2 Å². The molecule has 0 aromatic rings. The zero-order valence-corrected chi connectivity index (χ0v) is 17.9. The van der Waals surface area contributed by atoms with Gasteiger partial charge >= 0.3 is 5.97 Å². The van der Waals surface area contributed by atoms with Gasteiger partial charge in [0.05, 0.1) is 12.6 Å². The Morgan fingerprint density at radius 3 is 2.21 bits per heavy atom. The van der Waals surface area contributed by atoms with E-state index in [9.17, 15) is 9.59 Å². The first-order valence-electron chi connectivity index (χ1n) is 11.6. The van der Waals surface area contributed by atoms with E-state index >= 15 is 0 Å². The molecule has 160 valence electrons. The topological polar surface area (TPSA) is 81.4 Å². The number of esters is 1. The SMILES string of the molecule is CCCC(CN[C@@H](CC)C(N)=O)CC(=O)OCCC12CC3CC(CC(C3)C1)C2. The average Bonchev–Trinajstić information content (AvgIpc) is 2.60. The summed E-state index contributed by atoms with van der Waals surface area (Å²) in [5.74, 6) is 2.62. The van der Waals surface area contributed by atoms with E-state index in [1.54, 1.807) is 0 Å². The maximum Gasteiger partial charge on any atom is 0.306 e. The summed E-state index contributed by atoms with van der Waals surface area (Å²) in [7, 11) is 0. The molecule has 0 aromatic carbocycles. The van der Waals surface area contributed by atoms with Gasteiger partial charge in [0.15, 0.2) is 0 Å². The van der Waals surface area contributed by atoms with Gasteiger partial charge in [0.25, 0.3) is 0 Å². The number of primary amides is 1. The highest BCUT2D eigenvalue weighted by molar-refractivity contribution is 5.79. The van der Waals surface area contributed by atoms with Crippen LogP contribution in [0.5, 0.6) is 0 Å². The van der Waals surface area contributed by atoms with Gasteiger partial charge in [0.2, 0.25) is 5.91 Å². The largest absolute Gasteiger partial charge is 0.466 e. The van der Waals surface area contributed by atoms with E-state index in [-0.39, 0.29) is 23.8 Å². The van der Waals surface area contributed by atoms with Crippen LogP contribution < -0.4 is 11.1 Å². The summed E-state index contributed by atoms with van der Waals surface area (Å²) < 4.78 is 5.68. The average molecular weight is 393 g/mol. The van der Waals surface area contributed by atoms with Crippen LogP contribution in [-0.2, 0) is 14.3 Å². The first-order valence-corrected chi connectivity index (χ1v) is 11.6. The molecule has 0 radical (unpaired) electrons. The second-order valence-corrected chi connectivity index (χ2v) is 10.0. The van der Waals surface area contributed by atoms with Crippen molar-refractivity contribution in [3.05, 3.63) is 0 Å². The Morgan fingerprint density at radius 1 is 1.11 bits per heavy atom. The van der Waals surface area contributed by atoms with Crippen LogP contribution in [0.4, 0.5) is 0 Å². The Kier molecular flexibility index (Phi) is 7.41. The second-order valence-electron chi connectivity index (χ2n) is 10.0. The molecule has 5 heteroatoms. The molecule has 4 aliphatic rings. The lowest BCUT2D eigenvalue weighted by atomic mass is 9.49. The molecule has 1 unspecified atom stereocenters. The van der Waals surface area contributed by atoms with E-state index in [4.69, 9.17) is 10.5 Å². The fourth-order valence-corrected chi connectivity index (χ4v) is 6.71. The molecule has 4 bridgehead atoms. The minimum atomic E-state index is -0.323. The Labute approximate surface area is 170 Å². The Bertz CT molecular complexity index is 513. The van der Waals surface area contributed by atoms with Crippen LogP contribution in [0.15, 0.2) is 0 Å². The predicted octanol–water partition coefficient (Wildman–Crippen LogP) is 3.80. The summed E-state index contributed by atoms with van der Waals surface area (Å²) >= 11 is 0. The number of hydrogen-bond acceptors (Lipinski definition) is 4. The van der Waals surface area contributed by atoms with E-state index in [1.165, 1.54) is 38.5 Å². The summed E-state index contributed by atoms with van der Waals surface area (Å²) in [4.78, 5) is 23.8. The smallest absolute Gasteiger partial charge is 0.306 e. The number of rotatable bonds is 12. The molecular formula is C23H40N2O3. The zero-order chi connectivity index (χ0) is 20.1. The molecule has 0 saturated heterocycles. The van der Waals surface area contributed by atoms with E-state index in [0.29, 0.717) is 31.4 Å². The lowest BCUT2D eigenvalue weighted by Crippen LogP contribution is -2.46. The molecule has 0 aliphatic heterocycles. The summed E-state index contributed by atoms with van der Waals surface area (Å²) in [5, 5.41) is 3.22. The normalized spacial score (nSPS) is 32.9. The van der Waals surface area contributed by atoms with E-state index < -0.39 is 0 Å². The second kappa shape index (κ2) is 9.60. The number of hydrogen-bond donors (Lipinski definition) is 2. The van der Waals surface area contributed by atoms with Crippen molar-refractivity contribution in [3.8, 4) is 0 Å². The number of ether oxygens (including phenoxy) is 1. The fourth-order valence-electron chi connectivity index (χ4n) is 6.71. The fraction of sp³-hybridized carbons (Fsp3) is 0.913. The Hall–Kier alpha value is -1.10. The predicted molar refractivity (Wildman–Crippen MR) is 110 cm³/mol. The monoisotopic (exact) mass is 392 g/mol. The highest BCUT2D eigenvalue weighted by Crippen LogP contribution is 2.61. The lowest BCUT2D eigenvalue weighted by molar-refractivity contribution is -0.147. The molecule has 2 atom stereocenters. The molecule has 0 spiro atoms. The summed E-state index contributed by atoms with van der Waals surface area (Å²) in [6, 6.07) is -0.313. The number of carbonyl (C=O) groups is 2. The first-order chi connectivity index (χ1) is 13.4. The van der Waals surface area contributed by atoms with Gasteiger partial charge in [-0.3, -0.25) is 9.59 Å². The molecule has 0 heterocycles. The standard InChI is InChI=1S/C23H40N2O3/c1-3-5-16(15-25-20(4-2)22(24)27)11-21(26)28-7-6-23-12-17-8-18(13-23)10-19(9-17)14-23/h16-20,25H,3-15H2,1-2H3,(H2,24,27)/t16?,17?,18?,19?,20-,23?/m0/s1. The van der Waals surface area contributed by atoms with Crippen molar-refractivity contribution in [1.82, 2.24) is 5.32 Å². The zero-order valence-electron chi connectivity index (χ0n) is 17.9. The Balaban J connectivity index is 1.40. The quantitative estimate of drug-likeness (QED) is 0.495. The van der Waals surface area contributed by atoms with Gasteiger partial charge in [0.1, 0.15) is 0 Å². The number of carbonyl (C=O) groups excluding carboxylic acids is 2. The number of nitrogens with one attached hydrogen (secondary N) is 1. The van der Waals surface area contributed by atoms with Gasteiger partial charge in [0, 0.05) is 6.42 Å². The van der Waals surface area contributed by atoms with Crippen molar-refractivity contribution in [3.63, 3.8) is 0 Å². The third-order valence-corrected chi connectivity index (χ3v) is 7.62. The molecule has 28 heavy (non-hydrogen) atoms. The minimum Gasteiger partial charge on any atom is -0.466 e. The Morgan fingerprint density at radius 2 is 1.71 bits per heavy atom. The molecular weight excluding hydrogens is 352 g/mol. The molecule has 4 aliphatic carbocycles. The number of amides is 1. The van der Waals surface area contributed by atoms with Crippen LogP contribution in [-0.4, -0.2) is 31.1 Å². The molecule has 1 amide bonds. The van der Waals surface area contributed by atoms with E-state index in [1.807, 2.05) is 6.92 Å². The molecule has 4 saturated carbocycles. The maximum atomic E-state index is 12.4. The highest BCUT2D eigenvalue weighted by atomic mass is 16.5. The lowest BCUT2D eigenvalue weighted by Gasteiger charge is -2.57. The first kappa shape index (κ1) is 21.6. The van der Waals surface area contributed by atoms with Crippen LogP contribution in [0.1, 0.15) is 84.5 Å². The van der Waals surface area contributed by atoms with Crippen molar-refractivity contribution in [2.24, 2.45) is 34.8 Å². The molecule has 3 N–H and O–H groups in total. The van der Waals surface area contributed by atoms with Gasteiger partial charge in [-0.1, -0.05) is 20.3 Å². The summed E-state index contributed by atoms with van der Waals surface area (Å²) in [6.07, 6.45) is 12.6. The van der Waals surface area contributed by atoms with Crippen LogP contribution in [0.25, 0.3) is 0 Å². The van der Waals surface area contributed by atoms with Gasteiger partial charge in [-0.05, 0) is 93.4 Å². The third kappa shape index (κ3) is 5.49. The van der Waals surface area contributed by atoms with Crippen molar-refractivity contribution in [2.75, 3.05) is 13.2 Å². The van der Waals surface area contributed by atoms with Gasteiger partial charge in [-0.25, -0.2) is 0 Å². The molecule has 4 rings (SSSR count). The minimum absolute atomic E-state index is 0.0860. The van der Waals surface area contributed by atoms with Gasteiger partial charge < -0.3 is 15.8 Å². The third-order valence-electron chi connectivity index (χ3n) is 7.62. The molecule has 0 aromatic heterocycles. The number of nitrogens with two attached hydrogens (primary N) is 1. The van der Waals surface area contributed by atoms with Crippen molar-refractivity contribution >= 4 is 11.9 Å². The summed E-state index contributed by atoms with van der Waals surface area (Å²) in [6.45, 7) is 5.28. The maximum absolute atomic E-state index is 12.4. The molecule has 5 nitrogen and oxygen atoms in total. The van der Waals surface area contributed by atoms with Crippen molar-refractivity contribution < 1.29 is 14.3 Å². The van der Waals surface area contributed by atoms with Crippen molar-refractivity contribution in [2.45, 2.75) is 90.5 Å². The van der Waals surface area contributed by atoms with Gasteiger partial charge in [-0.2, -0.15) is 0 Å². The van der Waals surface area contributed by atoms with Crippen LogP contribution in [0.2, 0.25) is 0 Å². The van der Waals surface area contributed by atoms with Crippen LogP contribution in [0.3, 0.4) is 0 Å². The summed E-state index contributed by atoms with van der Waals surface area (Å²) in [5.41, 5.74) is 5.87. The highest BCUT2D eigenvalue weighted by Gasteiger charge is 2.50. The van der Waals surface area contributed by atoms with Crippen LogP contribution in [0, 0.1) is 29.1 Å².